The van der Waals surface area contributed by atoms with E-state index >= 15 is 0 Å². The summed E-state index contributed by atoms with van der Waals surface area (Å²) in [5.41, 5.74) is 5.98. The van der Waals surface area contributed by atoms with E-state index in [2.05, 4.69) is 0 Å². The van der Waals surface area contributed by atoms with Crippen LogP contribution in [0.1, 0.15) is 5.76 Å². The fourth-order valence-corrected chi connectivity index (χ4v) is 1.68. The molecule has 1 aromatic carbocycles. The van der Waals surface area contributed by atoms with Crippen molar-refractivity contribution in [3.05, 3.63) is 48.4 Å². The summed E-state index contributed by atoms with van der Waals surface area (Å²) in [4.78, 5) is 0. The number of furan rings is 1. The number of methoxy groups -OCH3 is 1. The lowest BCUT2D eigenvalue weighted by atomic mass is 10.2. The molecule has 0 saturated carbocycles. The van der Waals surface area contributed by atoms with Gasteiger partial charge in [0.2, 0.25) is 0 Å². The highest BCUT2D eigenvalue weighted by Crippen LogP contribution is 2.25. The van der Waals surface area contributed by atoms with Gasteiger partial charge in [0.25, 0.3) is 0 Å². The first-order valence-electron chi connectivity index (χ1n) is 5.83. The normalized spacial score (nSPS) is 12.1. The first-order chi connectivity index (χ1) is 8.79. The van der Waals surface area contributed by atoms with Crippen molar-refractivity contribution in [2.75, 3.05) is 13.7 Å². The summed E-state index contributed by atoms with van der Waals surface area (Å²) >= 11 is 0. The Morgan fingerprint density at radius 1 is 1.17 bits per heavy atom. The molecule has 0 amide bonds. The predicted molar refractivity (Wildman–Crippen MR) is 68.9 cm³/mol. The largest absolute Gasteiger partial charge is 0.493 e. The van der Waals surface area contributed by atoms with E-state index in [0.717, 1.165) is 5.76 Å². The Labute approximate surface area is 106 Å². The Morgan fingerprint density at radius 2 is 1.94 bits per heavy atom. The summed E-state index contributed by atoms with van der Waals surface area (Å²) in [5, 5.41) is 0. The van der Waals surface area contributed by atoms with Crippen LogP contribution in [0.2, 0.25) is 0 Å². The van der Waals surface area contributed by atoms with E-state index < -0.39 is 0 Å². The van der Waals surface area contributed by atoms with Gasteiger partial charge in [0.1, 0.15) is 12.4 Å². The number of rotatable bonds is 6. The van der Waals surface area contributed by atoms with Gasteiger partial charge >= 0.3 is 0 Å². The third kappa shape index (κ3) is 3.28. The van der Waals surface area contributed by atoms with Gasteiger partial charge in [0, 0.05) is 12.5 Å². The number of hydrogen-bond acceptors (Lipinski definition) is 4. The zero-order valence-electron chi connectivity index (χ0n) is 10.3. The van der Waals surface area contributed by atoms with Crippen LogP contribution >= 0.6 is 0 Å². The molecular formula is C14H17NO3. The molecule has 96 valence electrons. The number of hydrogen-bond donors (Lipinski definition) is 1. The fourth-order valence-electron chi connectivity index (χ4n) is 1.68. The van der Waals surface area contributed by atoms with Crippen LogP contribution in [-0.2, 0) is 6.42 Å². The van der Waals surface area contributed by atoms with E-state index in [9.17, 15) is 0 Å². The maximum absolute atomic E-state index is 5.98. The molecule has 2 aromatic rings. The molecule has 4 nitrogen and oxygen atoms in total. The van der Waals surface area contributed by atoms with Gasteiger partial charge in [-0.3, -0.25) is 0 Å². The lowest BCUT2D eigenvalue weighted by Gasteiger charge is -2.14. The third-order valence-corrected chi connectivity index (χ3v) is 2.57. The number of para-hydroxylation sites is 2. The number of nitrogens with two attached hydrogens (primary N) is 1. The molecule has 0 aliphatic heterocycles. The maximum atomic E-state index is 5.98. The van der Waals surface area contributed by atoms with Gasteiger partial charge in [0.15, 0.2) is 11.5 Å². The molecule has 0 aliphatic rings. The summed E-state index contributed by atoms with van der Waals surface area (Å²) in [5.74, 6) is 2.28. The average molecular weight is 247 g/mol. The molecule has 1 heterocycles. The minimum Gasteiger partial charge on any atom is -0.493 e. The second-order valence-electron chi connectivity index (χ2n) is 4.01. The van der Waals surface area contributed by atoms with Gasteiger partial charge in [-0.1, -0.05) is 12.1 Å². The Bertz CT molecular complexity index is 468. The van der Waals surface area contributed by atoms with Crippen molar-refractivity contribution in [1.82, 2.24) is 0 Å². The average Bonchev–Trinajstić information content (AvgIpc) is 2.89. The molecule has 2 rings (SSSR count). The molecule has 1 unspecified atom stereocenters. The van der Waals surface area contributed by atoms with E-state index in [1.165, 1.54) is 0 Å². The summed E-state index contributed by atoms with van der Waals surface area (Å²) < 4.78 is 16.1. The molecule has 4 heteroatoms. The van der Waals surface area contributed by atoms with E-state index in [4.69, 9.17) is 19.6 Å². The quantitative estimate of drug-likeness (QED) is 0.850. The molecule has 0 aliphatic carbocycles. The first kappa shape index (κ1) is 12.5. The zero-order valence-corrected chi connectivity index (χ0v) is 10.3. The van der Waals surface area contributed by atoms with E-state index in [1.807, 2.05) is 36.4 Å². The van der Waals surface area contributed by atoms with Crippen molar-refractivity contribution in [2.45, 2.75) is 12.5 Å². The summed E-state index contributed by atoms with van der Waals surface area (Å²) in [7, 11) is 1.62. The lowest BCUT2D eigenvalue weighted by Crippen LogP contribution is -2.30. The van der Waals surface area contributed by atoms with Gasteiger partial charge in [-0.15, -0.1) is 0 Å². The van der Waals surface area contributed by atoms with Gasteiger partial charge in [-0.25, -0.2) is 0 Å². The minimum atomic E-state index is -0.110. The highest BCUT2D eigenvalue weighted by atomic mass is 16.5. The molecule has 0 fully saturated rings. The second-order valence-corrected chi connectivity index (χ2v) is 4.01. The summed E-state index contributed by atoms with van der Waals surface area (Å²) in [6.45, 7) is 0.418. The third-order valence-electron chi connectivity index (χ3n) is 2.57. The molecule has 1 atom stereocenters. The molecule has 0 spiro atoms. The Balaban J connectivity index is 1.87. The lowest BCUT2D eigenvalue weighted by molar-refractivity contribution is 0.267. The van der Waals surface area contributed by atoms with Crippen molar-refractivity contribution >= 4 is 0 Å². The van der Waals surface area contributed by atoms with E-state index in [1.54, 1.807) is 13.4 Å². The molecule has 1 aromatic heterocycles. The SMILES string of the molecule is COc1ccccc1OCC(N)Cc1ccco1. The number of ether oxygens (including phenoxy) is 2. The first-order valence-corrected chi connectivity index (χ1v) is 5.83. The summed E-state index contributed by atoms with van der Waals surface area (Å²) in [6, 6.07) is 11.2. The highest BCUT2D eigenvalue weighted by molar-refractivity contribution is 5.39. The van der Waals surface area contributed by atoms with Gasteiger partial charge in [0.05, 0.1) is 13.4 Å². The molecule has 0 radical (unpaired) electrons. The zero-order chi connectivity index (χ0) is 12.8. The van der Waals surface area contributed by atoms with Crippen LogP contribution in [0, 0.1) is 0 Å². The number of benzene rings is 1. The van der Waals surface area contributed by atoms with E-state index in [-0.39, 0.29) is 6.04 Å². The van der Waals surface area contributed by atoms with Gasteiger partial charge in [-0.2, -0.15) is 0 Å². The highest BCUT2D eigenvalue weighted by Gasteiger charge is 2.09. The predicted octanol–water partition coefficient (Wildman–Crippen LogP) is 2.24. The monoisotopic (exact) mass is 247 g/mol. The van der Waals surface area contributed by atoms with Crippen LogP contribution in [-0.4, -0.2) is 19.8 Å². The molecule has 2 N–H and O–H groups in total. The van der Waals surface area contributed by atoms with Crippen molar-refractivity contribution in [3.8, 4) is 11.5 Å². The Morgan fingerprint density at radius 3 is 2.61 bits per heavy atom. The van der Waals surface area contributed by atoms with Crippen LogP contribution in [0.4, 0.5) is 0 Å². The van der Waals surface area contributed by atoms with Crippen molar-refractivity contribution < 1.29 is 13.9 Å². The standard InChI is InChI=1S/C14H17NO3/c1-16-13-6-2-3-7-14(13)18-10-11(15)9-12-5-4-8-17-12/h2-8,11H,9-10,15H2,1H3. The van der Waals surface area contributed by atoms with Crippen LogP contribution in [0.5, 0.6) is 11.5 Å². The molecule has 18 heavy (non-hydrogen) atoms. The minimum absolute atomic E-state index is 0.110. The molecular weight excluding hydrogens is 230 g/mol. The van der Waals surface area contributed by atoms with Crippen LogP contribution in [0.15, 0.2) is 47.1 Å². The second kappa shape index (κ2) is 6.12. The fraction of sp³-hybridized carbons (Fsp3) is 0.286. The van der Waals surface area contributed by atoms with Crippen LogP contribution in [0.3, 0.4) is 0 Å². The Kier molecular flexibility index (Phi) is 4.25. The van der Waals surface area contributed by atoms with Crippen molar-refractivity contribution in [1.29, 1.82) is 0 Å². The van der Waals surface area contributed by atoms with Crippen LogP contribution in [0.25, 0.3) is 0 Å². The van der Waals surface area contributed by atoms with Gasteiger partial charge < -0.3 is 19.6 Å². The van der Waals surface area contributed by atoms with Crippen molar-refractivity contribution in [2.24, 2.45) is 5.73 Å². The molecule has 0 saturated heterocycles. The van der Waals surface area contributed by atoms with Crippen LogP contribution < -0.4 is 15.2 Å². The van der Waals surface area contributed by atoms with E-state index in [0.29, 0.717) is 24.5 Å². The summed E-state index contributed by atoms with van der Waals surface area (Å²) in [6.07, 6.45) is 2.30. The van der Waals surface area contributed by atoms with Gasteiger partial charge in [-0.05, 0) is 24.3 Å². The Hall–Kier alpha value is -1.94. The van der Waals surface area contributed by atoms with Crippen molar-refractivity contribution in [3.63, 3.8) is 0 Å². The maximum Gasteiger partial charge on any atom is 0.161 e. The molecule has 0 bridgehead atoms. The smallest absolute Gasteiger partial charge is 0.161 e. The topological polar surface area (TPSA) is 57.6 Å².